The third-order valence-electron chi connectivity index (χ3n) is 2.28. The van der Waals surface area contributed by atoms with E-state index in [1.807, 2.05) is 0 Å². The standard InChI is InChI=1S/C10H12FN5S/c1-16-10(13-14-15-16)17-6-7-2-3-9(11)8(4-7)5-12/h2-4H,5-6,12H2,1H3. The van der Waals surface area contributed by atoms with Crippen LogP contribution in [0.15, 0.2) is 23.4 Å². The molecule has 0 radical (unpaired) electrons. The van der Waals surface area contributed by atoms with Crippen molar-refractivity contribution in [3.05, 3.63) is 35.1 Å². The number of hydrogen-bond donors (Lipinski definition) is 1. The molecule has 0 unspecified atom stereocenters. The molecule has 0 atom stereocenters. The Morgan fingerprint density at radius 2 is 2.29 bits per heavy atom. The Labute approximate surface area is 102 Å². The summed E-state index contributed by atoms with van der Waals surface area (Å²) in [6, 6.07) is 4.95. The van der Waals surface area contributed by atoms with E-state index in [4.69, 9.17) is 5.73 Å². The molecule has 0 amide bonds. The molecule has 0 saturated carbocycles. The third-order valence-corrected chi connectivity index (χ3v) is 3.36. The van der Waals surface area contributed by atoms with Gasteiger partial charge in [0.2, 0.25) is 5.16 Å². The Kier molecular flexibility index (Phi) is 3.70. The van der Waals surface area contributed by atoms with Gasteiger partial charge in [-0.05, 0) is 22.1 Å². The van der Waals surface area contributed by atoms with Gasteiger partial charge in [-0.3, -0.25) is 0 Å². The van der Waals surface area contributed by atoms with E-state index in [0.717, 1.165) is 10.7 Å². The highest BCUT2D eigenvalue weighted by molar-refractivity contribution is 7.98. The van der Waals surface area contributed by atoms with E-state index in [1.54, 1.807) is 23.9 Å². The van der Waals surface area contributed by atoms with Gasteiger partial charge in [-0.15, -0.1) is 5.10 Å². The van der Waals surface area contributed by atoms with E-state index in [2.05, 4.69) is 15.5 Å². The molecule has 0 aliphatic rings. The van der Waals surface area contributed by atoms with Gasteiger partial charge < -0.3 is 5.73 Å². The van der Waals surface area contributed by atoms with Crippen LogP contribution in [0.25, 0.3) is 0 Å². The predicted molar refractivity (Wildman–Crippen MR) is 62.7 cm³/mol. The smallest absolute Gasteiger partial charge is 0.209 e. The average Bonchev–Trinajstić information content (AvgIpc) is 2.74. The van der Waals surface area contributed by atoms with Gasteiger partial charge in [-0.1, -0.05) is 23.9 Å². The van der Waals surface area contributed by atoms with Crippen LogP contribution in [0.2, 0.25) is 0 Å². The van der Waals surface area contributed by atoms with Crippen molar-refractivity contribution in [2.45, 2.75) is 17.5 Å². The zero-order valence-corrected chi connectivity index (χ0v) is 10.1. The van der Waals surface area contributed by atoms with Crippen LogP contribution in [0.4, 0.5) is 4.39 Å². The molecule has 0 aliphatic heterocycles. The van der Waals surface area contributed by atoms with Crippen molar-refractivity contribution in [1.82, 2.24) is 20.2 Å². The second-order valence-electron chi connectivity index (χ2n) is 3.50. The first-order chi connectivity index (χ1) is 8.20. The number of nitrogens with zero attached hydrogens (tertiary/aromatic N) is 4. The van der Waals surface area contributed by atoms with Crippen molar-refractivity contribution in [2.24, 2.45) is 12.8 Å². The van der Waals surface area contributed by atoms with Crippen molar-refractivity contribution >= 4 is 11.8 Å². The Balaban J connectivity index is 2.07. The van der Waals surface area contributed by atoms with E-state index >= 15 is 0 Å². The van der Waals surface area contributed by atoms with Gasteiger partial charge in [0.05, 0.1) is 0 Å². The fourth-order valence-electron chi connectivity index (χ4n) is 1.37. The molecular formula is C10H12FN5S. The maximum atomic E-state index is 13.2. The van der Waals surface area contributed by atoms with Crippen molar-refractivity contribution in [3.63, 3.8) is 0 Å². The minimum Gasteiger partial charge on any atom is -0.326 e. The highest BCUT2D eigenvalue weighted by Crippen LogP contribution is 2.20. The molecule has 0 aliphatic carbocycles. The van der Waals surface area contributed by atoms with Gasteiger partial charge in [0.15, 0.2) is 0 Å². The molecule has 0 fully saturated rings. The first-order valence-corrected chi connectivity index (χ1v) is 6.02. The average molecular weight is 253 g/mol. The fraction of sp³-hybridized carbons (Fsp3) is 0.300. The molecule has 2 rings (SSSR count). The fourth-order valence-corrected chi connectivity index (χ4v) is 2.16. The lowest BCUT2D eigenvalue weighted by molar-refractivity contribution is 0.610. The molecule has 2 aromatic rings. The summed E-state index contributed by atoms with van der Waals surface area (Å²) >= 11 is 1.50. The molecule has 1 heterocycles. The SMILES string of the molecule is Cn1nnnc1SCc1ccc(F)c(CN)c1. The van der Waals surface area contributed by atoms with Gasteiger partial charge in [0.1, 0.15) is 5.82 Å². The summed E-state index contributed by atoms with van der Waals surface area (Å²) in [4.78, 5) is 0. The Morgan fingerprint density at radius 1 is 1.47 bits per heavy atom. The Bertz CT molecular complexity index is 513. The van der Waals surface area contributed by atoms with Gasteiger partial charge >= 0.3 is 0 Å². The summed E-state index contributed by atoms with van der Waals surface area (Å²) in [5, 5.41) is 11.9. The van der Waals surface area contributed by atoms with E-state index in [9.17, 15) is 4.39 Å². The van der Waals surface area contributed by atoms with Crippen molar-refractivity contribution in [3.8, 4) is 0 Å². The molecule has 90 valence electrons. The maximum Gasteiger partial charge on any atom is 0.209 e. The van der Waals surface area contributed by atoms with Gasteiger partial charge in [0, 0.05) is 24.9 Å². The first-order valence-electron chi connectivity index (χ1n) is 5.03. The van der Waals surface area contributed by atoms with Gasteiger partial charge in [0.25, 0.3) is 0 Å². The van der Waals surface area contributed by atoms with E-state index in [1.165, 1.54) is 17.8 Å². The minimum atomic E-state index is -0.262. The van der Waals surface area contributed by atoms with Crippen LogP contribution >= 0.6 is 11.8 Å². The highest BCUT2D eigenvalue weighted by Gasteiger charge is 2.05. The topological polar surface area (TPSA) is 69.6 Å². The van der Waals surface area contributed by atoms with Crippen molar-refractivity contribution in [1.29, 1.82) is 0 Å². The number of halogens is 1. The number of rotatable bonds is 4. The Hall–Kier alpha value is -1.47. The van der Waals surface area contributed by atoms with Crippen molar-refractivity contribution in [2.75, 3.05) is 0 Å². The maximum absolute atomic E-state index is 13.2. The molecule has 1 aromatic carbocycles. The second-order valence-corrected chi connectivity index (χ2v) is 4.45. The largest absolute Gasteiger partial charge is 0.326 e. The van der Waals surface area contributed by atoms with Crippen LogP contribution in [-0.4, -0.2) is 20.2 Å². The number of aryl methyl sites for hydroxylation is 1. The Morgan fingerprint density at radius 3 is 2.94 bits per heavy atom. The van der Waals surface area contributed by atoms with Crippen LogP contribution in [0, 0.1) is 5.82 Å². The second kappa shape index (κ2) is 5.24. The zero-order chi connectivity index (χ0) is 12.3. The monoisotopic (exact) mass is 253 g/mol. The third kappa shape index (κ3) is 2.80. The number of thioether (sulfide) groups is 1. The molecule has 7 heteroatoms. The number of nitrogens with two attached hydrogens (primary N) is 1. The number of benzene rings is 1. The van der Waals surface area contributed by atoms with Crippen LogP contribution in [0.5, 0.6) is 0 Å². The lowest BCUT2D eigenvalue weighted by Crippen LogP contribution is -2.00. The molecule has 0 spiro atoms. The molecule has 5 nitrogen and oxygen atoms in total. The van der Waals surface area contributed by atoms with Gasteiger partial charge in [-0.25, -0.2) is 9.07 Å². The lowest BCUT2D eigenvalue weighted by Gasteiger charge is -2.04. The lowest BCUT2D eigenvalue weighted by atomic mass is 10.1. The molecule has 1 aromatic heterocycles. The van der Waals surface area contributed by atoms with Crippen molar-refractivity contribution < 1.29 is 4.39 Å². The quantitative estimate of drug-likeness (QED) is 0.826. The van der Waals surface area contributed by atoms with Crippen LogP contribution in [0.1, 0.15) is 11.1 Å². The summed E-state index contributed by atoms with van der Waals surface area (Å²) in [6.45, 7) is 0.204. The predicted octanol–water partition coefficient (Wildman–Crippen LogP) is 1.10. The summed E-state index contributed by atoms with van der Waals surface area (Å²) in [5.74, 6) is 0.420. The normalized spacial score (nSPS) is 10.8. The van der Waals surface area contributed by atoms with Gasteiger partial charge in [-0.2, -0.15) is 0 Å². The summed E-state index contributed by atoms with van der Waals surface area (Å²) < 4.78 is 14.8. The molecule has 0 saturated heterocycles. The van der Waals surface area contributed by atoms with Crippen LogP contribution in [-0.2, 0) is 19.3 Å². The summed E-state index contributed by atoms with van der Waals surface area (Å²) in [5.41, 5.74) is 6.98. The number of hydrogen-bond acceptors (Lipinski definition) is 5. The van der Waals surface area contributed by atoms with E-state index < -0.39 is 0 Å². The molecular weight excluding hydrogens is 241 g/mol. The highest BCUT2D eigenvalue weighted by atomic mass is 32.2. The molecule has 2 N–H and O–H groups in total. The number of aromatic nitrogens is 4. The summed E-state index contributed by atoms with van der Waals surface area (Å²) in [7, 11) is 1.78. The van der Waals surface area contributed by atoms with E-state index in [-0.39, 0.29) is 12.4 Å². The van der Waals surface area contributed by atoms with E-state index in [0.29, 0.717) is 11.3 Å². The molecule has 0 bridgehead atoms. The molecule has 17 heavy (non-hydrogen) atoms. The summed E-state index contributed by atoms with van der Waals surface area (Å²) in [6.07, 6.45) is 0. The number of tetrazole rings is 1. The van der Waals surface area contributed by atoms with Crippen LogP contribution in [0.3, 0.4) is 0 Å². The van der Waals surface area contributed by atoms with Crippen LogP contribution < -0.4 is 5.73 Å². The minimum absolute atomic E-state index is 0.204. The zero-order valence-electron chi connectivity index (χ0n) is 9.30. The first kappa shape index (κ1) is 12.0.